The highest BCUT2D eigenvalue weighted by Gasteiger charge is 2.18. The molecule has 1 aliphatic heterocycles. The third-order valence-electron chi connectivity index (χ3n) is 3.28. The number of ether oxygens (including phenoxy) is 1. The Bertz CT molecular complexity index is 568. The highest BCUT2D eigenvalue weighted by Crippen LogP contribution is 2.25. The minimum absolute atomic E-state index is 0.353. The van der Waals surface area contributed by atoms with Gasteiger partial charge in [0.2, 0.25) is 0 Å². The maximum Gasteiger partial charge on any atom is 0.145 e. The van der Waals surface area contributed by atoms with E-state index in [1.165, 1.54) is 6.42 Å². The maximum absolute atomic E-state index is 6.17. The van der Waals surface area contributed by atoms with Gasteiger partial charge in [0.1, 0.15) is 15.8 Å². The van der Waals surface area contributed by atoms with Crippen LogP contribution < -0.4 is 0 Å². The normalized spacial score (nSPS) is 19.6. The molecule has 1 aliphatic rings. The number of rotatable bonds is 4. The molecule has 2 aromatic rings. The Morgan fingerprint density at radius 3 is 3.21 bits per heavy atom. The van der Waals surface area contributed by atoms with E-state index in [0.29, 0.717) is 17.8 Å². The Morgan fingerprint density at radius 2 is 2.42 bits per heavy atom. The predicted octanol–water partition coefficient (Wildman–Crippen LogP) is 2.96. The van der Waals surface area contributed by atoms with Crippen LogP contribution >= 0.6 is 22.9 Å². The van der Waals surface area contributed by atoms with Crippen LogP contribution in [0.25, 0.3) is 10.2 Å². The minimum atomic E-state index is 0.353. The number of aromatic nitrogens is 2. The lowest BCUT2D eigenvalue weighted by molar-refractivity contribution is 0.0786. The molecular weight excluding hydrogens is 282 g/mol. The minimum Gasteiger partial charge on any atom is -0.377 e. The van der Waals surface area contributed by atoms with Crippen molar-refractivity contribution in [1.29, 1.82) is 0 Å². The quantitative estimate of drug-likeness (QED) is 0.813. The molecule has 1 atom stereocenters. The summed E-state index contributed by atoms with van der Waals surface area (Å²) in [6, 6.07) is 1.96. The molecule has 0 spiro atoms. The summed E-state index contributed by atoms with van der Waals surface area (Å²) in [7, 11) is 2.07. The summed E-state index contributed by atoms with van der Waals surface area (Å²) in [5, 5.41) is 3.48. The molecule has 0 bridgehead atoms. The van der Waals surface area contributed by atoms with Gasteiger partial charge in [-0.05, 0) is 31.3 Å². The molecule has 0 saturated carbocycles. The van der Waals surface area contributed by atoms with Crippen molar-refractivity contribution in [3.05, 3.63) is 22.4 Å². The van der Waals surface area contributed by atoms with Crippen molar-refractivity contribution in [3.63, 3.8) is 0 Å². The second-order valence-electron chi connectivity index (χ2n) is 4.90. The van der Waals surface area contributed by atoms with Gasteiger partial charge in [0.15, 0.2) is 0 Å². The Labute approximate surface area is 121 Å². The molecule has 4 nitrogen and oxygen atoms in total. The molecule has 3 rings (SSSR count). The fraction of sp³-hybridized carbons (Fsp3) is 0.538. The first-order valence-electron chi connectivity index (χ1n) is 6.42. The van der Waals surface area contributed by atoms with Crippen molar-refractivity contribution >= 4 is 33.2 Å². The first-order valence-corrected chi connectivity index (χ1v) is 7.68. The van der Waals surface area contributed by atoms with E-state index in [2.05, 4.69) is 21.9 Å². The highest BCUT2D eigenvalue weighted by molar-refractivity contribution is 7.16. The standard InChI is InChI=1S/C13H16ClN3OS/c1-17(7-9-3-2-5-18-9)8-11-15-12(14)10-4-6-19-13(10)16-11/h4,6,9H,2-3,5,7-8H2,1H3. The van der Waals surface area contributed by atoms with Gasteiger partial charge in [-0.25, -0.2) is 9.97 Å². The van der Waals surface area contributed by atoms with Gasteiger partial charge >= 0.3 is 0 Å². The van der Waals surface area contributed by atoms with Crippen LogP contribution in [-0.2, 0) is 11.3 Å². The highest BCUT2D eigenvalue weighted by atomic mass is 35.5. The fourth-order valence-corrected chi connectivity index (χ4v) is 3.46. The van der Waals surface area contributed by atoms with E-state index < -0.39 is 0 Å². The summed E-state index contributed by atoms with van der Waals surface area (Å²) >= 11 is 7.77. The second-order valence-corrected chi connectivity index (χ2v) is 6.15. The van der Waals surface area contributed by atoms with E-state index in [1.807, 2.05) is 11.4 Å². The fourth-order valence-electron chi connectivity index (χ4n) is 2.37. The first-order chi connectivity index (χ1) is 9.22. The molecule has 102 valence electrons. The van der Waals surface area contributed by atoms with E-state index in [-0.39, 0.29) is 0 Å². The van der Waals surface area contributed by atoms with Crippen molar-refractivity contribution in [2.45, 2.75) is 25.5 Å². The molecule has 0 radical (unpaired) electrons. The van der Waals surface area contributed by atoms with Crippen LogP contribution in [0.15, 0.2) is 11.4 Å². The average Bonchev–Trinajstić information content (AvgIpc) is 2.99. The summed E-state index contributed by atoms with van der Waals surface area (Å²) in [6.45, 7) is 2.51. The summed E-state index contributed by atoms with van der Waals surface area (Å²) in [6.07, 6.45) is 2.67. The molecular formula is C13H16ClN3OS. The van der Waals surface area contributed by atoms with Gasteiger partial charge < -0.3 is 4.74 Å². The van der Waals surface area contributed by atoms with Crippen LogP contribution in [0.2, 0.25) is 5.15 Å². The summed E-state index contributed by atoms with van der Waals surface area (Å²) in [5.74, 6) is 0.778. The summed E-state index contributed by atoms with van der Waals surface area (Å²) in [4.78, 5) is 12.1. The molecule has 0 amide bonds. The molecule has 1 fully saturated rings. The zero-order valence-corrected chi connectivity index (χ0v) is 12.4. The van der Waals surface area contributed by atoms with E-state index in [4.69, 9.17) is 16.3 Å². The third kappa shape index (κ3) is 3.05. The number of fused-ring (bicyclic) bond motifs is 1. The van der Waals surface area contributed by atoms with Crippen LogP contribution in [0, 0.1) is 0 Å². The Kier molecular flexibility index (Phi) is 3.98. The number of likely N-dealkylation sites (N-methyl/N-ethyl adjacent to an activating group) is 1. The lowest BCUT2D eigenvalue weighted by Crippen LogP contribution is -2.29. The average molecular weight is 298 g/mol. The number of hydrogen-bond donors (Lipinski definition) is 0. The first kappa shape index (κ1) is 13.2. The largest absolute Gasteiger partial charge is 0.377 e. The van der Waals surface area contributed by atoms with Gasteiger partial charge in [0.05, 0.1) is 12.6 Å². The van der Waals surface area contributed by atoms with Gasteiger partial charge in [-0.1, -0.05) is 11.6 Å². The Balaban J connectivity index is 1.69. The number of nitrogens with zero attached hydrogens (tertiary/aromatic N) is 3. The smallest absolute Gasteiger partial charge is 0.145 e. The van der Waals surface area contributed by atoms with E-state index >= 15 is 0 Å². The molecule has 0 aromatic carbocycles. The van der Waals surface area contributed by atoms with E-state index in [1.54, 1.807) is 11.3 Å². The second kappa shape index (κ2) is 5.71. The predicted molar refractivity (Wildman–Crippen MR) is 77.7 cm³/mol. The summed E-state index contributed by atoms with van der Waals surface area (Å²) < 4.78 is 5.64. The zero-order chi connectivity index (χ0) is 13.2. The lowest BCUT2D eigenvalue weighted by atomic mass is 10.2. The maximum atomic E-state index is 6.17. The van der Waals surface area contributed by atoms with Crippen LogP contribution in [0.1, 0.15) is 18.7 Å². The Morgan fingerprint density at radius 1 is 1.53 bits per heavy atom. The van der Waals surface area contributed by atoms with Crippen molar-refractivity contribution in [2.75, 3.05) is 20.2 Å². The molecule has 0 aliphatic carbocycles. The van der Waals surface area contributed by atoms with Gasteiger partial charge in [-0.3, -0.25) is 4.90 Å². The van der Waals surface area contributed by atoms with Gasteiger partial charge in [-0.15, -0.1) is 11.3 Å². The molecule has 1 unspecified atom stereocenters. The van der Waals surface area contributed by atoms with Gasteiger partial charge in [0.25, 0.3) is 0 Å². The van der Waals surface area contributed by atoms with E-state index in [0.717, 1.165) is 35.6 Å². The van der Waals surface area contributed by atoms with Crippen molar-refractivity contribution < 1.29 is 4.74 Å². The van der Waals surface area contributed by atoms with Crippen LogP contribution in [0.5, 0.6) is 0 Å². The summed E-state index contributed by atoms with van der Waals surface area (Å²) in [5.41, 5.74) is 0. The number of halogens is 1. The zero-order valence-electron chi connectivity index (χ0n) is 10.8. The number of hydrogen-bond acceptors (Lipinski definition) is 5. The topological polar surface area (TPSA) is 38.2 Å². The van der Waals surface area contributed by atoms with E-state index in [9.17, 15) is 0 Å². The van der Waals surface area contributed by atoms with Gasteiger partial charge in [-0.2, -0.15) is 0 Å². The molecule has 19 heavy (non-hydrogen) atoms. The lowest BCUT2D eigenvalue weighted by Gasteiger charge is -2.19. The molecule has 0 N–H and O–H groups in total. The SMILES string of the molecule is CN(Cc1nc(Cl)c2ccsc2n1)CC1CCCO1. The third-order valence-corrected chi connectivity index (χ3v) is 4.37. The molecule has 6 heteroatoms. The Hall–Kier alpha value is -0.750. The molecule has 3 heterocycles. The van der Waals surface area contributed by atoms with Crippen LogP contribution in [-0.4, -0.2) is 41.2 Å². The van der Waals surface area contributed by atoms with Crippen molar-refractivity contribution in [3.8, 4) is 0 Å². The van der Waals surface area contributed by atoms with Crippen molar-refractivity contribution in [1.82, 2.24) is 14.9 Å². The van der Waals surface area contributed by atoms with Crippen molar-refractivity contribution in [2.24, 2.45) is 0 Å². The van der Waals surface area contributed by atoms with Crippen LogP contribution in [0.3, 0.4) is 0 Å². The molecule has 1 saturated heterocycles. The van der Waals surface area contributed by atoms with Gasteiger partial charge in [0, 0.05) is 18.5 Å². The molecule has 2 aromatic heterocycles. The van der Waals surface area contributed by atoms with Crippen LogP contribution in [0.4, 0.5) is 0 Å². The number of thiophene rings is 1. The monoisotopic (exact) mass is 297 g/mol.